The Balaban J connectivity index is 0. The molecule has 0 atom stereocenters. The van der Waals surface area contributed by atoms with Crippen LogP contribution >= 0.6 is 0 Å². The lowest BCUT2D eigenvalue weighted by Crippen LogP contribution is -2.43. The Kier molecular flexibility index (Phi) is 20.9. The highest BCUT2D eigenvalue weighted by atomic mass is 16.4. The zero-order valence-electron chi connectivity index (χ0n) is 18.3. The lowest BCUT2D eigenvalue weighted by Gasteiger charge is -2.29. The minimum Gasteiger partial charge on any atom is -0.483 e. The van der Waals surface area contributed by atoms with Crippen LogP contribution in [0.4, 0.5) is 0 Å². The third-order valence-corrected chi connectivity index (χ3v) is 4.38. The van der Waals surface area contributed by atoms with Crippen LogP contribution in [-0.4, -0.2) is 125 Å². The van der Waals surface area contributed by atoms with Crippen molar-refractivity contribution >= 4 is 24.4 Å². The smallest absolute Gasteiger partial charge is 0.304 e. The molecule has 0 aliphatic heterocycles. The fourth-order valence-corrected chi connectivity index (χ4v) is 2.83. The topological polar surface area (TPSA) is 185 Å². The first-order valence-electron chi connectivity index (χ1n) is 10.3. The second-order valence-corrected chi connectivity index (χ2v) is 6.85. The maximum absolute atomic E-state index is 10.8. The van der Waals surface area contributed by atoms with Gasteiger partial charge >= 0.3 is 17.9 Å². The molecule has 0 heterocycles. The number of hydrogen-bond acceptors (Lipinski definition) is 8. The predicted octanol–water partition coefficient (Wildman–Crippen LogP) is -0.614. The van der Waals surface area contributed by atoms with E-state index in [4.69, 9.17) is 31.0 Å². The molecule has 0 aromatic carbocycles. The van der Waals surface area contributed by atoms with Crippen LogP contribution in [0.5, 0.6) is 0 Å². The van der Waals surface area contributed by atoms with Gasteiger partial charge in [0.2, 0.25) is 0 Å². The Morgan fingerprint density at radius 3 is 1.23 bits per heavy atom. The molecule has 0 aromatic heterocycles. The van der Waals surface area contributed by atoms with E-state index in [0.717, 1.165) is 26.1 Å². The maximum atomic E-state index is 10.8. The average Bonchev–Trinajstić information content (AvgIpc) is 2.69. The SMILES string of the molecule is CCCN(CCC(=O)O)CCN(CCN)CCN(CCC(=O)O)CCC(=O)O.O=CO. The van der Waals surface area contributed by atoms with E-state index in [2.05, 4.69) is 9.80 Å². The van der Waals surface area contributed by atoms with Gasteiger partial charge in [0.25, 0.3) is 6.47 Å². The van der Waals surface area contributed by atoms with Crippen molar-refractivity contribution in [2.75, 3.05) is 65.4 Å². The first-order chi connectivity index (χ1) is 14.7. The number of nitrogens with zero attached hydrogens (tertiary/aromatic N) is 3. The Morgan fingerprint density at radius 1 is 0.677 bits per heavy atom. The quantitative estimate of drug-likeness (QED) is 0.157. The Bertz CT molecular complexity index is 489. The second kappa shape index (κ2) is 21.0. The van der Waals surface area contributed by atoms with E-state index in [0.29, 0.717) is 45.8 Å². The number of nitrogens with two attached hydrogens (primary N) is 1. The van der Waals surface area contributed by atoms with Gasteiger partial charge in [-0.15, -0.1) is 0 Å². The van der Waals surface area contributed by atoms with Crippen molar-refractivity contribution in [3.63, 3.8) is 0 Å². The van der Waals surface area contributed by atoms with Gasteiger partial charge in [0.05, 0.1) is 19.3 Å². The van der Waals surface area contributed by atoms with E-state index in [1.807, 2.05) is 11.8 Å². The number of carboxylic acid groups (broad SMARTS) is 4. The van der Waals surface area contributed by atoms with Crippen molar-refractivity contribution < 1.29 is 39.6 Å². The monoisotopic (exact) mass is 450 g/mol. The molecule has 182 valence electrons. The van der Waals surface area contributed by atoms with E-state index in [9.17, 15) is 14.4 Å². The van der Waals surface area contributed by atoms with Crippen LogP contribution in [-0.2, 0) is 19.2 Å². The van der Waals surface area contributed by atoms with E-state index < -0.39 is 17.9 Å². The van der Waals surface area contributed by atoms with Gasteiger partial charge in [0.1, 0.15) is 0 Å². The third kappa shape index (κ3) is 22.2. The largest absolute Gasteiger partial charge is 0.483 e. The summed E-state index contributed by atoms with van der Waals surface area (Å²) >= 11 is 0. The van der Waals surface area contributed by atoms with Crippen LogP contribution in [0.3, 0.4) is 0 Å². The zero-order chi connectivity index (χ0) is 24.1. The molecule has 6 N–H and O–H groups in total. The van der Waals surface area contributed by atoms with Crippen LogP contribution in [0.25, 0.3) is 0 Å². The molecular weight excluding hydrogens is 412 g/mol. The van der Waals surface area contributed by atoms with Crippen molar-refractivity contribution in [3.05, 3.63) is 0 Å². The first-order valence-corrected chi connectivity index (χ1v) is 10.3. The number of rotatable bonds is 19. The Hall–Kier alpha value is -2.28. The molecule has 0 radical (unpaired) electrons. The second-order valence-electron chi connectivity index (χ2n) is 6.85. The van der Waals surface area contributed by atoms with Crippen molar-refractivity contribution in [3.8, 4) is 0 Å². The van der Waals surface area contributed by atoms with Crippen LogP contribution in [0.1, 0.15) is 32.6 Å². The van der Waals surface area contributed by atoms with Crippen LogP contribution in [0, 0.1) is 0 Å². The van der Waals surface area contributed by atoms with Gasteiger partial charge in [0, 0.05) is 58.9 Å². The standard InChI is InChI=1S/C18H36N4O6.CH2O2/c1-2-7-20(8-3-16(23)24)12-14-22(11-6-19)15-13-21(9-4-17(25)26)10-5-18(27)28;2-1-3/h2-15,19H2,1H3,(H,23,24)(H,25,26)(H,27,28);1H,(H,2,3). The van der Waals surface area contributed by atoms with Gasteiger partial charge in [0.15, 0.2) is 0 Å². The lowest BCUT2D eigenvalue weighted by molar-refractivity contribution is -0.138. The van der Waals surface area contributed by atoms with Gasteiger partial charge < -0.3 is 36.0 Å². The lowest BCUT2D eigenvalue weighted by atomic mass is 10.3. The molecule has 0 aliphatic rings. The Morgan fingerprint density at radius 2 is 0.968 bits per heavy atom. The van der Waals surface area contributed by atoms with Gasteiger partial charge in [-0.05, 0) is 13.0 Å². The molecule has 0 bridgehead atoms. The highest BCUT2D eigenvalue weighted by molar-refractivity contribution is 5.67. The Labute approximate surface area is 183 Å². The van der Waals surface area contributed by atoms with Crippen LogP contribution in [0.15, 0.2) is 0 Å². The molecule has 0 fully saturated rings. The highest BCUT2D eigenvalue weighted by Gasteiger charge is 2.14. The number of carboxylic acids is 3. The highest BCUT2D eigenvalue weighted by Crippen LogP contribution is 2.00. The summed E-state index contributed by atoms with van der Waals surface area (Å²) in [7, 11) is 0. The molecule has 0 amide bonds. The summed E-state index contributed by atoms with van der Waals surface area (Å²) in [4.78, 5) is 46.9. The minimum atomic E-state index is -0.909. The van der Waals surface area contributed by atoms with Crippen molar-refractivity contribution in [1.82, 2.24) is 14.7 Å². The van der Waals surface area contributed by atoms with E-state index in [1.165, 1.54) is 0 Å². The maximum Gasteiger partial charge on any atom is 0.304 e. The van der Waals surface area contributed by atoms with E-state index >= 15 is 0 Å². The summed E-state index contributed by atoms with van der Waals surface area (Å²) in [5.74, 6) is -2.63. The first kappa shape index (κ1) is 30.9. The summed E-state index contributed by atoms with van der Waals surface area (Å²) in [5, 5.41) is 33.5. The third-order valence-electron chi connectivity index (χ3n) is 4.38. The zero-order valence-corrected chi connectivity index (χ0v) is 18.3. The molecule has 12 heteroatoms. The molecule has 0 saturated heterocycles. The summed E-state index contributed by atoms with van der Waals surface area (Å²) < 4.78 is 0. The fourth-order valence-electron chi connectivity index (χ4n) is 2.83. The van der Waals surface area contributed by atoms with Gasteiger partial charge in [-0.3, -0.25) is 24.1 Å². The average molecular weight is 451 g/mol. The molecule has 31 heavy (non-hydrogen) atoms. The number of hydrogen-bond donors (Lipinski definition) is 5. The number of carbonyl (C=O) groups is 4. The molecule has 0 rings (SSSR count). The van der Waals surface area contributed by atoms with Crippen LogP contribution in [0.2, 0.25) is 0 Å². The molecule has 0 saturated carbocycles. The van der Waals surface area contributed by atoms with Gasteiger partial charge in [-0.25, -0.2) is 0 Å². The minimum absolute atomic E-state index is 0.0318. The molecule has 0 unspecified atom stereocenters. The summed E-state index contributed by atoms with van der Waals surface area (Å²) in [6.45, 7) is 7.55. The van der Waals surface area contributed by atoms with Crippen LogP contribution < -0.4 is 5.73 Å². The number of aliphatic carboxylic acids is 3. The van der Waals surface area contributed by atoms with E-state index in [1.54, 1.807) is 0 Å². The van der Waals surface area contributed by atoms with Gasteiger partial charge in [-0.2, -0.15) is 0 Å². The molecular formula is C19H38N4O8. The summed E-state index contributed by atoms with van der Waals surface area (Å²) in [6.07, 6.45) is 0.982. The summed E-state index contributed by atoms with van der Waals surface area (Å²) in [5.41, 5.74) is 5.69. The normalized spacial score (nSPS) is 10.7. The summed E-state index contributed by atoms with van der Waals surface area (Å²) in [6, 6.07) is 0. The van der Waals surface area contributed by atoms with Crippen molar-refractivity contribution in [1.29, 1.82) is 0 Å². The van der Waals surface area contributed by atoms with Crippen molar-refractivity contribution in [2.45, 2.75) is 32.6 Å². The van der Waals surface area contributed by atoms with Crippen molar-refractivity contribution in [2.24, 2.45) is 5.73 Å². The molecule has 0 spiro atoms. The van der Waals surface area contributed by atoms with E-state index in [-0.39, 0.29) is 25.7 Å². The predicted molar refractivity (Wildman–Crippen MR) is 114 cm³/mol. The molecule has 12 nitrogen and oxygen atoms in total. The molecule has 0 aromatic rings. The fraction of sp³-hybridized carbons (Fsp3) is 0.789. The van der Waals surface area contributed by atoms with Gasteiger partial charge in [-0.1, -0.05) is 6.92 Å². The molecule has 0 aliphatic carbocycles.